The molecule has 19 heavy (non-hydrogen) atoms. The summed E-state index contributed by atoms with van der Waals surface area (Å²) in [7, 11) is 0. The molecule has 0 amide bonds. The molecule has 3 aromatic rings. The molecular formula is C15H15N3S. The number of nitrogens with zero attached hydrogens (tertiary/aromatic N) is 2. The standard InChI is InChI=1S/C15H15N3S/c1-10-7-8-12(19-10)9-16-15-11(2)17-13-5-3-4-6-14(13)18-15/h3-8H,9H2,1-2H3,(H,16,18). The van der Waals surface area contributed by atoms with Crippen LogP contribution < -0.4 is 5.32 Å². The average Bonchev–Trinajstić information content (AvgIpc) is 2.82. The summed E-state index contributed by atoms with van der Waals surface area (Å²) in [6, 6.07) is 12.2. The molecule has 0 radical (unpaired) electrons. The maximum atomic E-state index is 4.63. The first-order valence-electron chi connectivity index (χ1n) is 6.25. The van der Waals surface area contributed by atoms with E-state index < -0.39 is 0 Å². The summed E-state index contributed by atoms with van der Waals surface area (Å²) in [5.41, 5.74) is 2.81. The van der Waals surface area contributed by atoms with Crippen LogP contribution in [0.25, 0.3) is 11.0 Å². The van der Waals surface area contributed by atoms with Crippen LogP contribution in [0.1, 0.15) is 15.4 Å². The highest BCUT2D eigenvalue weighted by Crippen LogP contribution is 2.19. The number of anilines is 1. The van der Waals surface area contributed by atoms with Gasteiger partial charge in [0, 0.05) is 9.75 Å². The SMILES string of the molecule is Cc1ccc(CNc2nc3ccccc3nc2C)s1. The first-order chi connectivity index (χ1) is 9.22. The second-order valence-electron chi connectivity index (χ2n) is 4.51. The Morgan fingerprint density at radius 3 is 2.42 bits per heavy atom. The van der Waals surface area contributed by atoms with Gasteiger partial charge in [0.25, 0.3) is 0 Å². The van der Waals surface area contributed by atoms with Gasteiger partial charge >= 0.3 is 0 Å². The van der Waals surface area contributed by atoms with E-state index in [9.17, 15) is 0 Å². The lowest BCUT2D eigenvalue weighted by atomic mass is 10.3. The molecule has 3 rings (SSSR count). The van der Waals surface area contributed by atoms with E-state index in [1.165, 1.54) is 9.75 Å². The van der Waals surface area contributed by atoms with Gasteiger partial charge in [0.05, 0.1) is 23.3 Å². The van der Waals surface area contributed by atoms with Crippen molar-refractivity contribution in [3.8, 4) is 0 Å². The largest absolute Gasteiger partial charge is 0.364 e. The second-order valence-corrected chi connectivity index (χ2v) is 5.88. The monoisotopic (exact) mass is 269 g/mol. The van der Waals surface area contributed by atoms with Crippen LogP contribution in [0.2, 0.25) is 0 Å². The Bertz CT molecular complexity index is 718. The molecule has 2 heterocycles. The summed E-state index contributed by atoms with van der Waals surface area (Å²) in [6.07, 6.45) is 0. The Morgan fingerprint density at radius 1 is 1.00 bits per heavy atom. The highest BCUT2D eigenvalue weighted by Gasteiger charge is 2.05. The van der Waals surface area contributed by atoms with Crippen molar-refractivity contribution in [3.63, 3.8) is 0 Å². The van der Waals surface area contributed by atoms with Crippen LogP contribution in [0, 0.1) is 13.8 Å². The fraction of sp³-hybridized carbons (Fsp3) is 0.200. The fourth-order valence-corrected chi connectivity index (χ4v) is 2.84. The summed E-state index contributed by atoms with van der Waals surface area (Å²) in [5, 5.41) is 3.37. The minimum atomic E-state index is 0.798. The van der Waals surface area contributed by atoms with Crippen LogP contribution in [0.5, 0.6) is 0 Å². The third-order valence-electron chi connectivity index (χ3n) is 2.97. The smallest absolute Gasteiger partial charge is 0.148 e. The molecule has 0 bridgehead atoms. The van der Waals surface area contributed by atoms with Crippen molar-refractivity contribution in [2.24, 2.45) is 0 Å². The molecule has 1 aromatic carbocycles. The van der Waals surface area contributed by atoms with Crippen LogP contribution in [0.3, 0.4) is 0 Å². The maximum Gasteiger partial charge on any atom is 0.148 e. The van der Waals surface area contributed by atoms with Crippen molar-refractivity contribution in [2.75, 3.05) is 5.32 Å². The zero-order chi connectivity index (χ0) is 13.2. The van der Waals surface area contributed by atoms with E-state index >= 15 is 0 Å². The van der Waals surface area contributed by atoms with Crippen LogP contribution in [0.15, 0.2) is 36.4 Å². The third kappa shape index (κ3) is 2.58. The van der Waals surface area contributed by atoms with Gasteiger partial charge in [0.2, 0.25) is 0 Å². The number of fused-ring (bicyclic) bond motifs is 1. The number of para-hydroxylation sites is 2. The molecule has 0 aliphatic carbocycles. The molecule has 0 fully saturated rings. The molecule has 1 N–H and O–H groups in total. The van der Waals surface area contributed by atoms with E-state index in [4.69, 9.17) is 0 Å². The Labute approximate surface area is 116 Å². The molecule has 96 valence electrons. The molecule has 3 nitrogen and oxygen atoms in total. The highest BCUT2D eigenvalue weighted by atomic mass is 32.1. The van der Waals surface area contributed by atoms with Crippen molar-refractivity contribution in [2.45, 2.75) is 20.4 Å². The zero-order valence-electron chi connectivity index (χ0n) is 11.0. The van der Waals surface area contributed by atoms with Gasteiger partial charge < -0.3 is 5.32 Å². The van der Waals surface area contributed by atoms with Crippen molar-refractivity contribution in [1.29, 1.82) is 0 Å². The molecule has 2 aromatic heterocycles. The van der Waals surface area contributed by atoms with E-state index in [0.717, 1.165) is 29.1 Å². The molecule has 0 unspecified atom stereocenters. The van der Waals surface area contributed by atoms with Gasteiger partial charge in [-0.25, -0.2) is 9.97 Å². The predicted molar refractivity (Wildman–Crippen MR) is 80.7 cm³/mol. The number of hydrogen-bond donors (Lipinski definition) is 1. The second kappa shape index (κ2) is 4.97. The topological polar surface area (TPSA) is 37.8 Å². The first-order valence-corrected chi connectivity index (χ1v) is 7.06. The zero-order valence-corrected chi connectivity index (χ0v) is 11.8. The van der Waals surface area contributed by atoms with Gasteiger partial charge in [-0.15, -0.1) is 11.3 Å². The summed E-state index contributed by atoms with van der Waals surface area (Å²) in [6.45, 7) is 4.91. The molecular weight excluding hydrogens is 254 g/mol. The molecule has 0 saturated carbocycles. The lowest BCUT2D eigenvalue weighted by molar-refractivity contribution is 1.10. The fourth-order valence-electron chi connectivity index (χ4n) is 2.01. The van der Waals surface area contributed by atoms with Gasteiger partial charge in [0.1, 0.15) is 5.82 Å². The van der Waals surface area contributed by atoms with Gasteiger partial charge in [0.15, 0.2) is 0 Å². The first kappa shape index (κ1) is 12.1. The third-order valence-corrected chi connectivity index (χ3v) is 3.97. The molecule has 0 saturated heterocycles. The number of hydrogen-bond acceptors (Lipinski definition) is 4. The number of rotatable bonds is 3. The normalized spacial score (nSPS) is 10.8. The van der Waals surface area contributed by atoms with Gasteiger partial charge in [-0.05, 0) is 38.1 Å². The number of nitrogens with one attached hydrogen (secondary N) is 1. The van der Waals surface area contributed by atoms with E-state index in [0.29, 0.717) is 0 Å². The summed E-state index contributed by atoms with van der Waals surface area (Å²) in [5.74, 6) is 0.866. The summed E-state index contributed by atoms with van der Waals surface area (Å²) < 4.78 is 0. The Morgan fingerprint density at radius 2 is 1.74 bits per heavy atom. The van der Waals surface area contributed by atoms with Gasteiger partial charge in [-0.1, -0.05) is 12.1 Å². The molecule has 4 heteroatoms. The van der Waals surface area contributed by atoms with Gasteiger partial charge in [-0.2, -0.15) is 0 Å². The Balaban J connectivity index is 1.86. The molecule has 0 aliphatic rings. The average molecular weight is 269 g/mol. The van der Waals surface area contributed by atoms with Crippen LogP contribution in [-0.4, -0.2) is 9.97 Å². The quantitative estimate of drug-likeness (QED) is 0.783. The Kier molecular flexibility index (Phi) is 3.17. The van der Waals surface area contributed by atoms with Crippen molar-refractivity contribution in [1.82, 2.24) is 9.97 Å². The Hall–Kier alpha value is -1.94. The molecule has 0 atom stereocenters. The van der Waals surface area contributed by atoms with Crippen LogP contribution >= 0.6 is 11.3 Å². The molecule has 0 aliphatic heterocycles. The number of thiophene rings is 1. The predicted octanol–water partition coefficient (Wildman–Crippen LogP) is 3.92. The van der Waals surface area contributed by atoms with E-state index in [-0.39, 0.29) is 0 Å². The lowest BCUT2D eigenvalue weighted by Crippen LogP contribution is -2.03. The highest BCUT2D eigenvalue weighted by molar-refractivity contribution is 7.11. The number of benzene rings is 1. The van der Waals surface area contributed by atoms with Crippen LogP contribution in [0.4, 0.5) is 5.82 Å². The van der Waals surface area contributed by atoms with Crippen LogP contribution in [-0.2, 0) is 6.54 Å². The van der Waals surface area contributed by atoms with E-state index in [1.807, 2.05) is 31.2 Å². The van der Waals surface area contributed by atoms with Gasteiger partial charge in [-0.3, -0.25) is 0 Å². The number of aryl methyl sites for hydroxylation is 2. The molecule has 0 spiro atoms. The van der Waals surface area contributed by atoms with E-state index in [1.54, 1.807) is 11.3 Å². The maximum absolute atomic E-state index is 4.63. The van der Waals surface area contributed by atoms with Crippen molar-refractivity contribution in [3.05, 3.63) is 51.8 Å². The van der Waals surface area contributed by atoms with Crippen molar-refractivity contribution >= 4 is 28.2 Å². The number of aromatic nitrogens is 2. The van der Waals surface area contributed by atoms with Crippen molar-refractivity contribution < 1.29 is 0 Å². The minimum Gasteiger partial charge on any atom is -0.364 e. The van der Waals surface area contributed by atoms with E-state index in [2.05, 4.69) is 34.3 Å². The minimum absolute atomic E-state index is 0.798. The summed E-state index contributed by atoms with van der Waals surface area (Å²) in [4.78, 5) is 11.8. The lowest BCUT2D eigenvalue weighted by Gasteiger charge is -2.08. The summed E-state index contributed by atoms with van der Waals surface area (Å²) >= 11 is 1.81.